The van der Waals surface area contributed by atoms with Crippen molar-refractivity contribution in [3.8, 4) is 0 Å². The summed E-state index contributed by atoms with van der Waals surface area (Å²) in [5, 5.41) is 8.15. The van der Waals surface area contributed by atoms with Crippen LogP contribution in [0.1, 0.15) is 12.8 Å². The van der Waals surface area contributed by atoms with Gasteiger partial charge in [0.05, 0.1) is 12.5 Å². The van der Waals surface area contributed by atoms with Crippen LogP contribution >= 0.6 is 11.3 Å². The van der Waals surface area contributed by atoms with Crippen molar-refractivity contribution in [2.24, 2.45) is 5.92 Å². The number of para-hydroxylation sites is 1. The molecule has 1 saturated heterocycles. The van der Waals surface area contributed by atoms with E-state index in [-0.39, 0.29) is 24.3 Å². The summed E-state index contributed by atoms with van der Waals surface area (Å²) in [6.07, 6.45) is 3.42. The van der Waals surface area contributed by atoms with Gasteiger partial charge in [0, 0.05) is 23.8 Å². The predicted molar refractivity (Wildman–Crippen MR) is 95.0 cm³/mol. The van der Waals surface area contributed by atoms with Gasteiger partial charge in [-0.3, -0.25) is 14.5 Å². The Hall–Kier alpha value is -2.25. The quantitative estimate of drug-likeness (QED) is 0.874. The van der Waals surface area contributed by atoms with Crippen molar-refractivity contribution in [1.82, 2.24) is 9.88 Å². The molecule has 1 atom stereocenters. The van der Waals surface area contributed by atoms with Crippen molar-refractivity contribution in [3.05, 3.63) is 41.9 Å². The number of nitrogens with zero attached hydrogens (tertiary/aromatic N) is 2. The molecule has 1 aliphatic rings. The molecule has 1 fully saturated rings. The van der Waals surface area contributed by atoms with Crippen LogP contribution in [0, 0.1) is 5.92 Å². The van der Waals surface area contributed by atoms with Crippen molar-refractivity contribution in [2.75, 3.05) is 30.3 Å². The molecule has 7 heteroatoms. The van der Waals surface area contributed by atoms with Crippen molar-refractivity contribution >= 4 is 34.0 Å². The van der Waals surface area contributed by atoms with Crippen molar-refractivity contribution < 1.29 is 9.59 Å². The maximum atomic E-state index is 12.4. The zero-order valence-corrected chi connectivity index (χ0v) is 14.1. The van der Waals surface area contributed by atoms with Crippen LogP contribution in [0.4, 0.5) is 10.8 Å². The lowest BCUT2D eigenvalue weighted by Crippen LogP contribution is -2.43. The molecule has 24 heavy (non-hydrogen) atoms. The first-order valence-corrected chi connectivity index (χ1v) is 8.86. The number of hydrogen-bond acceptors (Lipinski definition) is 5. The van der Waals surface area contributed by atoms with Crippen molar-refractivity contribution in [2.45, 2.75) is 12.8 Å². The summed E-state index contributed by atoms with van der Waals surface area (Å²) in [4.78, 5) is 30.5. The third kappa shape index (κ3) is 4.62. The van der Waals surface area contributed by atoms with Crippen LogP contribution in [0.5, 0.6) is 0 Å². The molecule has 2 heterocycles. The molecule has 126 valence electrons. The molecule has 0 saturated carbocycles. The summed E-state index contributed by atoms with van der Waals surface area (Å²) in [6.45, 7) is 1.72. The average molecular weight is 344 g/mol. The highest BCUT2D eigenvalue weighted by atomic mass is 32.1. The molecule has 6 nitrogen and oxygen atoms in total. The molecule has 2 aromatic rings. The van der Waals surface area contributed by atoms with Gasteiger partial charge in [0.1, 0.15) is 0 Å². The van der Waals surface area contributed by atoms with E-state index in [4.69, 9.17) is 0 Å². The molecule has 3 rings (SSSR count). The highest BCUT2D eigenvalue weighted by Crippen LogP contribution is 2.19. The first-order valence-electron chi connectivity index (χ1n) is 7.98. The molecule has 0 aliphatic carbocycles. The first kappa shape index (κ1) is 16.6. The molecule has 2 N–H and O–H groups in total. The summed E-state index contributed by atoms with van der Waals surface area (Å²) in [7, 11) is 0. The number of likely N-dealkylation sites (tertiary alicyclic amines) is 1. The van der Waals surface area contributed by atoms with E-state index in [0.29, 0.717) is 11.7 Å². The van der Waals surface area contributed by atoms with Crippen LogP contribution in [-0.4, -0.2) is 41.3 Å². The highest BCUT2D eigenvalue weighted by Gasteiger charge is 2.27. The zero-order valence-electron chi connectivity index (χ0n) is 13.3. The van der Waals surface area contributed by atoms with Crippen molar-refractivity contribution in [1.29, 1.82) is 0 Å². The van der Waals surface area contributed by atoms with E-state index < -0.39 is 0 Å². The lowest BCUT2D eigenvalue weighted by Gasteiger charge is -2.31. The maximum absolute atomic E-state index is 12.4. The van der Waals surface area contributed by atoms with Gasteiger partial charge >= 0.3 is 0 Å². The Morgan fingerprint density at radius 1 is 1.25 bits per heavy atom. The summed E-state index contributed by atoms with van der Waals surface area (Å²) in [5.41, 5.74) is 0.807. The molecule has 1 aromatic carbocycles. The van der Waals surface area contributed by atoms with Gasteiger partial charge in [0.15, 0.2) is 5.13 Å². The highest BCUT2D eigenvalue weighted by molar-refractivity contribution is 7.13. The Balaban J connectivity index is 1.50. The number of rotatable bonds is 5. The number of aromatic nitrogens is 1. The van der Waals surface area contributed by atoms with E-state index in [2.05, 4.69) is 15.6 Å². The summed E-state index contributed by atoms with van der Waals surface area (Å²) < 4.78 is 0. The fourth-order valence-electron chi connectivity index (χ4n) is 2.83. The number of thiazole rings is 1. The van der Waals surface area contributed by atoms with Gasteiger partial charge in [0.2, 0.25) is 11.8 Å². The third-order valence-electron chi connectivity index (χ3n) is 3.96. The SMILES string of the molecule is O=C(CN1CCC[C@H](C(=O)Nc2ccccc2)C1)Nc1nccs1. The second kappa shape index (κ2) is 8.03. The fraction of sp³-hybridized carbons (Fsp3) is 0.353. The van der Waals surface area contributed by atoms with Gasteiger partial charge in [-0.2, -0.15) is 0 Å². The van der Waals surface area contributed by atoms with Crippen LogP contribution in [0.25, 0.3) is 0 Å². The van der Waals surface area contributed by atoms with Gasteiger partial charge in [-0.25, -0.2) is 4.98 Å². The number of anilines is 2. The predicted octanol–water partition coefficient (Wildman–Crippen LogP) is 2.43. The Bertz CT molecular complexity index is 675. The number of benzene rings is 1. The minimum atomic E-state index is -0.0911. The van der Waals surface area contributed by atoms with Crippen LogP contribution in [0.2, 0.25) is 0 Å². The molecule has 0 unspecified atom stereocenters. The number of carbonyl (C=O) groups is 2. The van der Waals surface area contributed by atoms with Gasteiger partial charge in [0.25, 0.3) is 0 Å². The minimum Gasteiger partial charge on any atom is -0.326 e. The molecule has 0 bridgehead atoms. The van der Waals surface area contributed by atoms with Gasteiger partial charge in [-0.15, -0.1) is 11.3 Å². The number of carbonyl (C=O) groups excluding carboxylic acids is 2. The van der Waals surface area contributed by atoms with E-state index >= 15 is 0 Å². The first-order chi connectivity index (χ1) is 11.7. The van der Waals surface area contributed by atoms with Gasteiger partial charge in [-0.1, -0.05) is 18.2 Å². The minimum absolute atomic E-state index is 0.0197. The lowest BCUT2D eigenvalue weighted by atomic mass is 9.97. The molecule has 2 amide bonds. The zero-order chi connectivity index (χ0) is 16.8. The van der Waals surface area contributed by atoms with E-state index in [9.17, 15) is 9.59 Å². The normalized spacial score (nSPS) is 18.1. The van der Waals surface area contributed by atoms with E-state index in [1.807, 2.05) is 40.6 Å². The molecule has 0 spiro atoms. The van der Waals surface area contributed by atoms with Crippen LogP contribution < -0.4 is 10.6 Å². The number of nitrogens with one attached hydrogen (secondary N) is 2. The topological polar surface area (TPSA) is 74.3 Å². The second-order valence-corrected chi connectivity index (χ2v) is 6.71. The van der Waals surface area contributed by atoms with Gasteiger partial charge in [-0.05, 0) is 31.5 Å². The molecular formula is C17H20N4O2S. The third-order valence-corrected chi connectivity index (χ3v) is 4.65. The number of piperidine rings is 1. The fourth-order valence-corrected chi connectivity index (χ4v) is 3.37. The Labute approximate surface area is 144 Å². The number of hydrogen-bond donors (Lipinski definition) is 2. The van der Waals surface area contributed by atoms with Crippen molar-refractivity contribution in [3.63, 3.8) is 0 Å². The molecule has 1 aromatic heterocycles. The molecule has 0 radical (unpaired) electrons. The smallest absolute Gasteiger partial charge is 0.240 e. The summed E-state index contributed by atoms with van der Waals surface area (Å²) in [6, 6.07) is 9.45. The Morgan fingerprint density at radius 2 is 2.08 bits per heavy atom. The maximum Gasteiger partial charge on any atom is 0.240 e. The summed E-state index contributed by atoms with van der Waals surface area (Å²) >= 11 is 1.39. The molecule has 1 aliphatic heterocycles. The standard InChI is InChI=1S/C17H20N4O2S/c22-15(20-17-18-8-10-24-17)12-21-9-4-5-13(11-21)16(23)19-14-6-2-1-3-7-14/h1-3,6-8,10,13H,4-5,9,11-12H2,(H,19,23)(H,18,20,22)/t13-/m0/s1. The lowest BCUT2D eigenvalue weighted by molar-refractivity contribution is -0.123. The molecular weight excluding hydrogens is 324 g/mol. The Kier molecular flexibility index (Phi) is 5.55. The summed E-state index contributed by atoms with van der Waals surface area (Å²) in [5.74, 6) is -0.160. The van der Waals surface area contributed by atoms with Gasteiger partial charge < -0.3 is 10.6 Å². The van der Waals surface area contributed by atoms with E-state index in [1.165, 1.54) is 11.3 Å². The van der Waals surface area contributed by atoms with Crippen LogP contribution in [0.15, 0.2) is 41.9 Å². The average Bonchev–Trinajstić information content (AvgIpc) is 3.09. The monoisotopic (exact) mass is 344 g/mol. The largest absolute Gasteiger partial charge is 0.326 e. The second-order valence-electron chi connectivity index (χ2n) is 5.81. The van der Waals surface area contributed by atoms with Crippen LogP contribution in [-0.2, 0) is 9.59 Å². The van der Waals surface area contributed by atoms with Crippen LogP contribution in [0.3, 0.4) is 0 Å². The Morgan fingerprint density at radius 3 is 2.83 bits per heavy atom. The van der Waals surface area contributed by atoms with E-state index in [0.717, 1.165) is 25.1 Å². The number of amides is 2. The van der Waals surface area contributed by atoms with E-state index in [1.54, 1.807) is 6.20 Å².